The Labute approximate surface area is 97.6 Å². The third-order valence-electron chi connectivity index (χ3n) is 2.94. The molecule has 1 rings (SSSR count). The zero-order valence-electron chi connectivity index (χ0n) is 10.1. The molecule has 0 radical (unpaired) electrons. The average molecular weight is 220 g/mol. The van der Waals surface area contributed by atoms with Gasteiger partial charge in [0.15, 0.2) is 0 Å². The summed E-state index contributed by atoms with van der Waals surface area (Å²) in [4.78, 5) is 10.5. The first-order valence-corrected chi connectivity index (χ1v) is 5.87. The lowest BCUT2D eigenvalue weighted by Crippen LogP contribution is -2.20. The van der Waals surface area contributed by atoms with Crippen LogP contribution in [0.25, 0.3) is 0 Å². The molecule has 0 aliphatic carbocycles. The normalized spacial score (nSPS) is 14.4. The van der Waals surface area contributed by atoms with E-state index in [1.54, 1.807) is 0 Å². The minimum Gasteiger partial charge on any atom is -0.374 e. The average Bonchev–Trinajstić information content (AvgIpc) is 2.34. The molecular formula is C14H20O2. The Morgan fingerprint density at radius 1 is 1.31 bits per heavy atom. The van der Waals surface area contributed by atoms with Gasteiger partial charge in [0.05, 0.1) is 12.7 Å². The molecule has 0 saturated heterocycles. The number of rotatable bonds is 7. The van der Waals surface area contributed by atoms with Gasteiger partial charge in [0, 0.05) is 6.42 Å². The molecule has 0 heterocycles. The van der Waals surface area contributed by atoms with Crippen LogP contribution in [0.15, 0.2) is 30.3 Å². The molecule has 2 nitrogen and oxygen atoms in total. The highest BCUT2D eigenvalue weighted by atomic mass is 16.5. The van der Waals surface area contributed by atoms with E-state index in [-0.39, 0.29) is 6.10 Å². The fraction of sp³-hybridized carbons (Fsp3) is 0.500. The molecule has 0 saturated carbocycles. The first kappa shape index (κ1) is 12.9. The van der Waals surface area contributed by atoms with Crippen LogP contribution in [0, 0.1) is 5.92 Å². The summed E-state index contributed by atoms with van der Waals surface area (Å²) in [7, 11) is 0. The standard InChI is InChI=1S/C14H20O2/c1-3-14(9-10-15)12(2)16-11-13-7-5-4-6-8-13/h4-8,10,12,14H,3,9,11H2,1-2H3/t12-,14+/m0/s1. The molecule has 0 aromatic heterocycles. The summed E-state index contributed by atoms with van der Waals surface area (Å²) in [5.41, 5.74) is 1.18. The summed E-state index contributed by atoms with van der Waals surface area (Å²) < 4.78 is 5.77. The van der Waals surface area contributed by atoms with Gasteiger partial charge in [-0.2, -0.15) is 0 Å². The molecule has 16 heavy (non-hydrogen) atoms. The predicted octanol–water partition coefficient (Wildman–Crippen LogP) is 3.21. The van der Waals surface area contributed by atoms with Crippen LogP contribution in [0.1, 0.15) is 32.3 Å². The zero-order valence-corrected chi connectivity index (χ0v) is 10.1. The van der Waals surface area contributed by atoms with Crippen LogP contribution in [0.3, 0.4) is 0 Å². The number of benzene rings is 1. The SMILES string of the molecule is CC[C@H](CC=O)[C@H](C)OCc1ccccc1. The van der Waals surface area contributed by atoms with E-state index >= 15 is 0 Å². The highest BCUT2D eigenvalue weighted by Gasteiger charge is 2.15. The van der Waals surface area contributed by atoms with Crippen molar-refractivity contribution in [3.8, 4) is 0 Å². The predicted molar refractivity (Wildman–Crippen MR) is 65.2 cm³/mol. The molecule has 2 heteroatoms. The molecular weight excluding hydrogens is 200 g/mol. The topological polar surface area (TPSA) is 26.3 Å². The van der Waals surface area contributed by atoms with Gasteiger partial charge >= 0.3 is 0 Å². The highest BCUT2D eigenvalue weighted by Crippen LogP contribution is 2.16. The van der Waals surface area contributed by atoms with E-state index in [0.717, 1.165) is 12.7 Å². The van der Waals surface area contributed by atoms with Crippen molar-refractivity contribution in [2.75, 3.05) is 0 Å². The van der Waals surface area contributed by atoms with Crippen molar-refractivity contribution in [1.82, 2.24) is 0 Å². The smallest absolute Gasteiger partial charge is 0.120 e. The van der Waals surface area contributed by atoms with Gasteiger partial charge in [0.25, 0.3) is 0 Å². The molecule has 1 aromatic rings. The Morgan fingerprint density at radius 3 is 2.56 bits per heavy atom. The second-order valence-electron chi connectivity index (χ2n) is 4.07. The van der Waals surface area contributed by atoms with Crippen LogP contribution in [-0.4, -0.2) is 12.4 Å². The highest BCUT2D eigenvalue weighted by molar-refractivity contribution is 5.49. The number of hydrogen-bond acceptors (Lipinski definition) is 2. The first-order valence-electron chi connectivity index (χ1n) is 5.87. The Bertz CT molecular complexity index is 295. The maximum absolute atomic E-state index is 10.5. The minimum absolute atomic E-state index is 0.135. The van der Waals surface area contributed by atoms with E-state index in [9.17, 15) is 4.79 Å². The van der Waals surface area contributed by atoms with Crippen molar-refractivity contribution in [2.24, 2.45) is 5.92 Å². The Morgan fingerprint density at radius 2 is 2.00 bits per heavy atom. The molecule has 0 N–H and O–H groups in total. The molecule has 88 valence electrons. The summed E-state index contributed by atoms with van der Waals surface area (Å²) in [5.74, 6) is 0.334. The molecule has 0 bridgehead atoms. The van der Waals surface area contributed by atoms with Crippen molar-refractivity contribution < 1.29 is 9.53 Å². The maximum atomic E-state index is 10.5. The lowest BCUT2D eigenvalue weighted by atomic mass is 9.97. The molecule has 2 atom stereocenters. The van der Waals surface area contributed by atoms with Crippen molar-refractivity contribution in [3.63, 3.8) is 0 Å². The van der Waals surface area contributed by atoms with E-state index in [2.05, 4.69) is 6.92 Å². The molecule has 0 spiro atoms. The molecule has 0 aliphatic rings. The third kappa shape index (κ3) is 4.15. The van der Waals surface area contributed by atoms with Crippen molar-refractivity contribution in [3.05, 3.63) is 35.9 Å². The second kappa shape index (κ2) is 7.18. The molecule has 1 aromatic carbocycles. The van der Waals surface area contributed by atoms with Gasteiger partial charge in [-0.1, -0.05) is 43.7 Å². The first-order chi connectivity index (χ1) is 7.77. The van der Waals surface area contributed by atoms with Gasteiger partial charge in [-0.3, -0.25) is 0 Å². The lowest BCUT2D eigenvalue weighted by molar-refractivity contribution is -0.110. The van der Waals surface area contributed by atoms with Gasteiger partial charge in [-0.25, -0.2) is 0 Å². The van der Waals surface area contributed by atoms with E-state index in [1.807, 2.05) is 37.3 Å². The molecule has 0 fully saturated rings. The van der Waals surface area contributed by atoms with Crippen LogP contribution in [-0.2, 0) is 16.1 Å². The van der Waals surface area contributed by atoms with Gasteiger partial charge < -0.3 is 9.53 Å². The second-order valence-corrected chi connectivity index (χ2v) is 4.07. The number of carbonyl (C=O) groups excluding carboxylic acids is 1. The zero-order chi connectivity index (χ0) is 11.8. The lowest BCUT2D eigenvalue weighted by Gasteiger charge is -2.21. The third-order valence-corrected chi connectivity index (χ3v) is 2.94. The summed E-state index contributed by atoms with van der Waals surface area (Å²) in [5, 5.41) is 0. The Kier molecular flexibility index (Phi) is 5.79. The van der Waals surface area contributed by atoms with Crippen molar-refractivity contribution in [1.29, 1.82) is 0 Å². The number of ether oxygens (including phenoxy) is 1. The van der Waals surface area contributed by atoms with Gasteiger partial charge in [-0.15, -0.1) is 0 Å². The van der Waals surface area contributed by atoms with E-state index < -0.39 is 0 Å². The quantitative estimate of drug-likeness (QED) is 0.659. The number of hydrogen-bond donors (Lipinski definition) is 0. The van der Waals surface area contributed by atoms with Crippen LogP contribution in [0.4, 0.5) is 0 Å². The summed E-state index contributed by atoms with van der Waals surface area (Å²) in [6, 6.07) is 10.1. The summed E-state index contributed by atoms with van der Waals surface area (Å²) >= 11 is 0. The van der Waals surface area contributed by atoms with Gasteiger partial charge in [0.2, 0.25) is 0 Å². The minimum atomic E-state index is 0.135. The largest absolute Gasteiger partial charge is 0.374 e. The number of carbonyl (C=O) groups is 1. The fourth-order valence-corrected chi connectivity index (χ4v) is 1.75. The monoisotopic (exact) mass is 220 g/mol. The van der Waals surface area contributed by atoms with Crippen LogP contribution in [0.5, 0.6) is 0 Å². The van der Waals surface area contributed by atoms with Crippen LogP contribution >= 0.6 is 0 Å². The molecule has 0 amide bonds. The molecule has 0 unspecified atom stereocenters. The van der Waals surface area contributed by atoms with Crippen LogP contribution < -0.4 is 0 Å². The van der Waals surface area contributed by atoms with Crippen molar-refractivity contribution in [2.45, 2.75) is 39.4 Å². The van der Waals surface area contributed by atoms with Crippen molar-refractivity contribution >= 4 is 6.29 Å². The molecule has 0 aliphatic heterocycles. The summed E-state index contributed by atoms with van der Waals surface area (Å²) in [6.45, 7) is 4.76. The van der Waals surface area contributed by atoms with E-state index in [0.29, 0.717) is 18.9 Å². The fourth-order valence-electron chi connectivity index (χ4n) is 1.75. The Hall–Kier alpha value is -1.15. The summed E-state index contributed by atoms with van der Waals surface area (Å²) in [6.07, 6.45) is 2.69. The van der Waals surface area contributed by atoms with E-state index in [4.69, 9.17) is 4.74 Å². The van der Waals surface area contributed by atoms with Gasteiger partial charge in [-0.05, 0) is 18.4 Å². The number of aldehydes is 1. The van der Waals surface area contributed by atoms with Gasteiger partial charge in [0.1, 0.15) is 6.29 Å². The Balaban J connectivity index is 2.39. The maximum Gasteiger partial charge on any atom is 0.120 e. The van der Waals surface area contributed by atoms with Crippen LogP contribution in [0.2, 0.25) is 0 Å². The van der Waals surface area contributed by atoms with E-state index in [1.165, 1.54) is 5.56 Å².